The van der Waals surface area contributed by atoms with E-state index in [0.717, 1.165) is 12.2 Å². The van der Waals surface area contributed by atoms with Gasteiger partial charge in [-0.05, 0) is 25.7 Å². The molecule has 25 heavy (non-hydrogen) atoms. The summed E-state index contributed by atoms with van der Waals surface area (Å²) >= 11 is 1.42. The van der Waals surface area contributed by atoms with Crippen LogP contribution in [0.15, 0.2) is 5.16 Å². The van der Waals surface area contributed by atoms with Crippen molar-refractivity contribution in [3.8, 4) is 0 Å². The van der Waals surface area contributed by atoms with Gasteiger partial charge in [-0.15, -0.1) is 10.2 Å². The molecule has 0 unspecified atom stereocenters. The molecule has 0 atom stereocenters. The van der Waals surface area contributed by atoms with Gasteiger partial charge in [-0.25, -0.2) is 4.68 Å². The van der Waals surface area contributed by atoms with E-state index in [1.165, 1.54) is 80.6 Å². The highest BCUT2D eigenvalue weighted by molar-refractivity contribution is 7.99. The molecule has 2 aliphatic carbocycles. The fourth-order valence-corrected chi connectivity index (χ4v) is 5.02. The molecule has 0 aromatic carbocycles. The summed E-state index contributed by atoms with van der Waals surface area (Å²) in [6.07, 6.45) is 13.1. The van der Waals surface area contributed by atoms with Crippen LogP contribution >= 0.6 is 11.8 Å². The van der Waals surface area contributed by atoms with Crippen molar-refractivity contribution in [2.24, 2.45) is 0 Å². The average molecular weight is 366 g/mol. The first-order valence-corrected chi connectivity index (χ1v) is 10.8. The Labute approximate surface area is 154 Å². The van der Waals surface area contributed by atoms with Crippen molar-refractivity contribution >= 4 is 17.7 Å². The van der Waals surface area contributed by atoms with Crippen LogP contribution in [0.25, 0.3) is 0 Å². The van der Waals surface area contributed by atoms with Gasteiger partial charge < -0.3 is 10.7 Å². The summed E-state index contributed by atoms with van der Waals surface area (Å²) in [6, 6.07) is 0.874. The van der Waals surface area contributed by atoms with Crippen LogP contribution in [-0.4, -0.2) is 43.5 Å². The van der Waals surface area contributed by atoms with Gasteiger partial charge in [0.1, 0.15) is 0 Å². The number of carbonyl (C=O) groups is 1. The van der Waals surface area contributed by atoms with Crippen LogP contribution in [0.2, 0.25) is 0 Å². The molecule has 2 N–H and O–H groups in total. The van der Waals surface area contributed by atoms with Crippen molar-refractivity contribution in [2.75, 3.05) is 11.6 Å². The first kappa shape index (κ1) is 18.5. The number of thioether (sulfide) groups is 1. The number of rotatable bonds is 6. The van der Waals surface area contributed by atoms with E-state index in [4.69, 9.17) is 5.84 Å². The van der Waals surface area contributed by atoms with Gasteiger partial charge >= 0.3 is 0 Å². The Hall–Kier alpha value is -1.24. The lowest BCUT2D eigenvalue weighted by Gasteiger charge is -2.41. The van der Waals surface area contributed by atoms with E-state index in [1.807, 2.05) is 6.92 Å². The molecule has 1 amide bonds. The minimum Gasteiger partial charge on any atom is -0.336 e. The Kier molecular flexibility index (Phi) is 6.62. The zero-order valence-electron chi connectivity index (χ0n) is 15.3. The highest BCUT2D eigenvalue weighted by atomic mass is 32.2. The second-order valence-corrected chi connectivity index (χ2v) is 8.24. The number of nitrogens with two attached hydrogens (primary N) is 1. The Morgan fingerprint density at radius 1 is 1.08 bits per heavy atom. The minimum atomic E-state index is 0.254. The maximum absolute atomic E-state index is 13.1. The van der Waals surface area contributed by atoms with Crippen LogP contribution in [0.3, 0.4) is 0 Å². The minimum absolute atomic E-state index is 0.254. The SMILES string of the molecule is CCc1nnc(SCC(=O)N(C2CCCCC2)C2CCCCC2)n1N. The van der Waals surface area contributed by atoms with Crippen LogP contribution in [-0.2, 0) is 11.2 Å². The smallest absolute Gasteiger partial charge is 0.233 e. The molecule has 140 valence electrons. The monoisotopic (exact) mass is 365 g/mol. The zero-order valence-corrected chi connectivity index (χ0v) is 16.1. The van der Waals surface area contributed by atoms with Crippen molar-refractivity contribution in [3.63, 3.8) is 0 Å². The molecular formula is C18H31N5OS. The molecule has 7 heteroatoms. The molecule has 0 radical (unpaired) electrons. The van der Waals surface area contributed by atoms with E-state index in [1.54, 1.807) is 0 Å². The third-order valence-corrected chi connectivity index (χ3v) is 6.53. The maximum Gasteiger partial charge on any atom is 0.233 e. The highest BCUT2D eigenvalue weighted by Gasteiger charge is 2.32. The number of amides is 1. The number of carbonyl (C=O) groups excluding carboxylic acids is 1. The lowest BCUT2D eigenvalue weighted by molar-refractivity contribution is -0.135. The summed E-state index contributed by atoms with van der Waals surface area (Å²) < 4.78 is 1.52. The lowest BCUT2D eigenvalue weighted by atomic mass is 9.88. The Morgan fingerprint density at radius 3 is 2.12 bits per heavy atom. The third-order valence-electron chi connectivity index (χ3n) is 5.60. The topological polar surface area (TPSA) is 77.0 Å². The van der Waals surface area contributed by atoms with Gasteiger partial charge in [-0.3, -0.25) is 4.79 Å². The molecule has 1 heterocycles. The molecule has 0 aliphatic heterocycles. The largest absolute Gasteiger partial charge is 0.336 e. The number of nitrogens with zero attached hydrogens (tertiary/aromatic N) is 4. The molecule has 1 aromatic rings. The maximum atomic E-state index is 13.1. The van der Waals surface area contributed by atoms with Crippen molar-refractivity contribution in [3.05, 3.63) is 5.82 Å². The summed E-state index contributed by atoms with van der Waals surface area (Å²) in [5.74, 6) is 7.43. The highest BCUT2D eigenvalue weighted by Crippen LogP contribution is 2.31. The van der Waals surface area contributed by atoms with Crippen LogP contribution in [0.1, 0.15) is 77.0 Å². The summed E-state index contributed by atoms with van der Waals surface area (Å²) in [4.78, 5) is 15.4. The molecule has 2 aliphatic rings. The zero-order chi connectivity index (χ0) is 17.6. The number of hydrogen-bond donors (Lipinski definition) is 1. The molecule has 0 bridgehead atoms. The number of hydrogen-bond acceptors (Lipinski definition) is 5. The Bertz CT molecular complexity index is 546. The molecule has 6 nitrogen and oxygen atoms in total. The summed E-state index contributed by atoms with van der Waals surface area (Å²) in [5, 5.41) is 8.84. The van der Waals surface area contributed by atoms with Gasteiger partial charge in [-0.1, -0.05) is 57.2 Å². The second-order valence-electron chi connectivity index (χ2n) is 7.30. The fourth-order valence-electron chi connectivity index (χ4n) is 4.27. The average Bonchev–Trinajstić information content (AvgIpc) is 3.02. The predicted molar refractivity (Wildman–Crippen MR) is 101 cm³/mol. The number of nitrogen functional groups attached to an aromatic ring is 1. The molecule has 2 saturated carbocycles. The van der Waals surface area contributed by atoms with E-state index in [-0.39, 0.29) is 5.91 Å². The Balaban J connectivity index is 1.66. The molecule has 2 fully saturated rings. The van der Waals surface area contributed by atoms with Gasteiger partial charge in [0.05, 0.1) is 5.75 Å². The summed E-state index contributed by atoms with van der Waals surface area (Å²) in [5.41, 5.74) is 0. The van der Waals surface area contributed by atoms with Crippen LogP contribution in [0.5, 0.6) is 0 Å². The summed E-state index contributed by atoms with van der Waals surface area (Å²) in [7, 11) is 0. The van der Waals surface area contributed by atoms with Gasteiger partial charge in [0.15, 0.2) is 5.82 Å². The van der Waals surface area contributed by atoms with Crippen LogP contribution in [0.4, 0.5) is 0 Å². The first-order valence-electron chi connectivity index (χ1n) is 9.84. The second kappa shape index (κ2) is 8.92. The molecule has 1 aromatic heterocycles. The summed E-state index contributed by atoms with van der Waals surface area (Å²) in [6.45, 7) is 2.00. The quantitative estimate of drug-likeness (QED) is 0.619. The van der Waals surface area contributed by atoms with Gasteiger partial charge in [0.25, 0.3) is 0 Å². The van der Waals surface area contributed by atoms with Gasteiger partial charge in [-0.2, -0.15) is 0 Å². The van der Waals surface area contributed by atoms with Crippen molar-refractivity contribution in [1.82, 2.24) is 19.8 Å². The normalized spacial score (nSPS) is 19.9. The van der Waals surface area contributed by atoms with E-state index < -0.39 is 0 Å². The van der Waals surface area contributed by atoms with E-state index >= 15 is 0 Å². The van der Waals surface area contributed by atoms with Crippen molar-refractivity contribution in [1.29, 1.82) is 0 Å². The standard InChI is InChI=1S/C18H31N5OS/c1-2-16-20-21-18(23(16)19)25-13-17(24)22(14-9-5-3-6-10-14)15-11-7-4-8-12-15/h14-15H,2-13,19H2,1H3. The number of aromatic nitrogens is 3. The third kappa shape index (κ3) is 4.49. The van der Waals surface area contributed by atoms with Gasteiger partial charge in [0, 0.05) is 18.5 Å². The van der Waals surface area contributed by atoms with Crippen molar-refractivity contribution < 1.29 is 4.79 Å². The van der Waals surface area contributed by atoms with Gasteiger partial charge in [0.2, 0.25) is 11.1 Å². The van der Waals surface area contributed by atoms with Crippen LogP contribution in [0, 0.1) is 0 Å². The predicted octanol–water partition coefficient (Wildman–Crippen LogP) is 3.14. The number of aryl methyl sites for hydroxylation is 1. The molecule has 0 spiro atoms. The molecule has 3 rings (SSSR count). The van der Waals surface area contributed by atoms with E-state index in [0.29, 0.717) is 23.0 Å². The van der Waals surface area contributed by atoms with E-state index in [2.05, 4.69) is 15.1 Å². The Morgan fingerprint density at radius 2 is 1.64 bits per heavy atom. The van der Waals surface area contributed by atoms with E-state index in [9.17, 15) is 4.79 Å². The van der Waals surface area contributed by atoms with Crippen LogP contribution < -0.4 is 5.84 Å². The molecular weight excluding hydrogens is 334 g/mol. The fraction of sp³-hybridized carbons (Fsp3) is 0.833. The first-order chi connectivity index (χ1) is 12.2. The van der Waals surface area contributed by atoms with Crippen molar-refractivity contribution in [2.45, 2.75) is 94.8 Å². The molecule has 0 saturated heterocycles. The lowest BCUT2D eigenvalue weighted by Crippen LogP contribution is -2.49.